The van der Waals surface area contributed by atoms with E-state index < -0.39 is 10.5 Å². The molecule has 12 nitrogen and oxygen atoms in total. The summed E-state index contributed by atoms with van der Waals surface area (Å²) >= 11 is 0. The molecule has 0 N–H and O–H groups in total. The third-order valence-electron chi connectivity index (χ3n) is 4.31. The van der Waals surface area contributed by atoms with Crippen molar-refractivity contribution in [1.82, 2.24) is 4.90 Å². The number of ether oxygens (including phenoxy) is 7. The molecule has 0 spiro atoms. The standard InChI is InChI=1S/C24H40N2O10/c1-24(2,3)36-23(27)25(4)9-10-30-11-12-31-13-14-32-15-16-33-17-18-34-19-20-35-22-7-5-21(6-8-22)26(28)29/h5-8H,9-20H2,1-4H3. The number of likely N-dealkylation sites (N-methyl/N-ethyl adjacent to an activating group) is 1. The minimum absolute atomic E-state index is 0.0236. The van der Waals surface area contributed by atoms with Crippen LogP contribution in [0.4, 0.5) is 10.5 Å². The van der Waals surface area contributed by atoms with Crippen LogP contribution in [0.2, 0.25) is 0 Å². The average Bonchev–Trinajstić information content (AvgIpc) is 2.82. The molecule has 36 heavy (non-hydrogen) atoms. The van der Waals surface area contributed by atoms with Gasteiger partial charge in [-0.15, -0.1) is 0 Å². The van der Waals surface area contributed by atoms with Crippen molar-refractivity contribution >= 4 is 11.8 Å². The molecule has 0 aliphatic carbocycles. The number of nitro groups is 1. The van der Waals surface area contributed by atoms with E-state index >= 15 is 0 Å². The summed E-state index contributed by atoms with van der Waals surface area (Å²) in [7, 11) is 1.67. The second kappa shape index (κ2) is 18.7. The lowest BCUT2D eigenvalue weighted by molar-refractivity contribution is -0.384. The summed E-state index contributed by atoms with van der Waals surface area (Å²) in [6.07, 6.45) is -0.373. The molecule has 0 saturated carbocycles. The first kappa shape index (κ1) is 31.5. The molecule has 0 saturated heterocycles. The molecule has 0 fully saturated rings. The van der Waals surface area contributed by atoms with Crippen LogP contribution in [0, 0.1) is 10.1 Å². The van der Waals surface area contributed by atoms with E-state index in [0.717, 1.165) is 0 Å². The van der Waals surface area contributed by atoms with E-state index in [4.69, 9.17) is 33.2 Å². The maximum atomic E-state index is 11.8. The van der Waals surface area contributed by atoms with Crippen molar-refractivity contribution in [3.8, 4) is 5.75 Å². The van der Waals surface area contributed by atoms with E-state index in [1.54, 1.807) is 19.2 Å². The summed E-state index contributed by atoms with van der Waals surface area (Å²) in [5, 5.41) is 10.6. The second-order valence-corrected chi connectivity index (χ2v) is 8.56. The van der Waals surface area contributed by atoms with Crippen molar-refractivity contribution in [2.24, 2.45) is 0 Å². The fourth-order valence-corrected chi connectivity index (χ4v) is 2.50. The fraction of sp³-hybridized carbons (Fsp3) is 0.708. The van der Waals surface area contributed by atoms with Crippen LogP contribution in [0.25, 0.3) is 0 Å². The highest BCUT2D eigenvalue weighted by Crippen LogP contribution is 2.17. The van der Waals surface area contributed by atoms with Crippen molar-refractivity contribution in [2.75, 3.05) is 86.3 Å². The highest BCUT2D eigenvalue weighted by molar-refractivity contribution is 5.67. The zero-order chi connectivity index (χ0) is 26.7. The predicted molar refractivity (Wildman–Crippen MR) is 132 cm³/mol. The second-order valence-electron chi connectivity index (χ2n) is 8.56. The zero-order valence-electron chi connectivity index (χ0n) is 21.8. The van der Waals surface area contributed by atoms with Crippen molar-refractivity contribution < 1.29 is 42.9 Å². The van der Waals surface area contributed by atoms with Crippen LogP contribution in [-0.2, 0) is 28.4 Å². The van der Waals surface area contributed by atoms with Gasteiger partial charge < -0.3 is 38.1 Å². The number of nitro benzene ring substituents is 1. The van der Waals surface area contributed by atoms with Crippen LogP contribution in [0.3, 0.4) is 0 Å². The molecular weight excluding hydrogens is 476 g/mol. The smallest absolute Gasteiger partial charge is 0.410 e. The predicted octanol–water partition coefficient (Wildman–Crippen LogP) is 2.92. The fourth-order valence-electron chi connectivity index (χ4n) is 2.50. The monoisotopic (exact) mass is 516 g/mol. The van der Waals surface area contributed by atoms with E-state index in [0.29, 0.717) is 85.0 Å². The van der Waals surface area contributed by atoms with Gasteiger partial charge in [-0.05, 0) is 32.9 Å². The van der Waals surface area contributed by atoms with Gasteiger partial charge in [-0.1, -0.05) is 0 Å². The Hall–Kier alpha value is -2.51. The number of carbonyl (C=O) groups is 1. The number of carbonyl (C=O) groups excluding carboxylic acids is 1. The summed E-state index contributed by atoms with van der Waals surface area (Å²) in [5.41, 5.74) is -0.490. The van der Waals surface area contributed by atoms with Crippen LogP contribution >= 0.6 is 0 Å². The van der Waals surface area contributed by atoms with Crippen LogP contribution in [0.1, 0.15) is 20.8 Å². The molecule has 0 aliphatic heterocycles. The summed E-state index contributed by atoms with van der Waals surface area (Å²) in [6.45, 7) is 10.6. The highest BCUT2D eigenvalue weighted by atomic mass is 16.6. The van der Waals surface area contributed by atoms with Gasteiger partial charge in [0.2, 0.25) is 0 Å². The normalized spacial score (nSPS) is 11.3. The number of hydrogen-bond donors (Lipinski definition) is 0. The van der Waals surface area contributed by atoms with Crippen LogP contribution in [0.15, 0.2) is 24.3 Å². The molecule has 0 atom stereocenters. The van der Waals surface area contributed by atoms with Crippen LogP contribution in [-0.4, -0.2) is 108 Å². The SMILES string of the molecule is CN(CCOCCOCCOCCOCCOCCOc1ccc([N+](=O)[O-])cc1)C(=O)OC(C)(C)C. The highest BCUT2D eigenvalue weighted by Gasteiger charge is 2.19. The molecule has 1 aromatic rings. The third kappa shape index (κ3) is 17.0. The number of nitrogens with zero attached hydrogens (tertiary/aromatic N) is 2. The summed E-state index contributed by atoms with van der Waals surface area (Å²) in [4.78, 5) is 23.4. The largest absolute Gasteiger partial charge is 0.491 e. The van der Waals surface area contributed by atoms with Crippen LogP contribution < -0.4 is 4.74 Å². The minimum atomic E-state index is -0.514. The number of amides is 1. The Kier molecular flexibility index (Phi) is 16.4. The first-order valence-electron chi connectivity index (χ1n) is 11.9. The molecule has 206 valence electrons. The average molecular weight is 517 g/mol. The molecule has 0 aliphatic rings. The quantitative estimate of drug-likeness (QED) is 0.145. The Bertz CT molecular complexity index is 725. The Labute approximate surface area is 212 Å². The number of non-ortho nitro benzene ring substituents is 1. The van der Waals surface area contributed by atoms with Crippen LogP contribution in [0.5, 0.6) is 5.75 Å². The Morgan fingerprint density at radius 2 is 1.19 bits per heavy atom. The summed E-state index contributed by atoms with van der Waals surface area (Å²) < 4.78 is 37.8. The molecule has 0 aromatic heterocycles. The number of rotatable bonds is 20. The molecular formula is C24H40N2O10. The van der Waals surface area contributed by atoms with E-state index in [2.05, 4.69) is 0 Å². The lowest BCUT2D eigenvalue weighted by atomic mass is 10.2. The lowest BCUT2D eigenvalue weighted by Gasteiger charge is -2.24. The first-order valence-corrected chi connectivity index (χ1v) is 11.9. The zero-order valence-corrected chi connectivity index (χ0v) is 21.8. The van der Waals surface area contributed by atoms with Gasteiger partial charge in [-0.2, -0.15) is 0 Å². The molecule has 0 radical (unpaired) electrons. The first-order chi connectivity index (χ1) is 17.2. The summed E-state index contributed by atoms with van der Waals surface area (Å²) in [5.74, 6) is 0.553. The van der Waals surface area contributed by atoms with Crippen molar-refractivity contribution in [3.63, 3.8) is 0 Å². The van der Waals surface area contributed by atoms with Gasteiger partial charge in [0.1, 0.15) is 18.0 Å². The van der Waals surface area contributed by atoms with E-state index in [1.807, 2.05) is 20.8 Å². The van der Waals surface area contributed by atoms with E-state index in [-0.39, 0.29) is 11.8 Å². The minimum Gasteiger partial charge on any atom is -0.491 e. The van der Waals surface area contributed by atoms with Gasteiger partial charge in [0.25, 0.3) is 5.69 Å². The maximum Gasteiger partial charge on any atom is 0.410 e. The van der Waals surface area contributed by atoms with E-state index in [9.17, 15) is 14.9 Å². The Morgan fingerprint density at radius 3 is 1.61 bits per heavy atom. The number of benzene rings is 1. The topological polar surface area (TPSA) is 128 Å². The van der Waals surface area contributed by atoms with Gasteiger partial charge in [0.15, 0.2) is 0 Å². The van der Waals surface area contributed by atoms with Gasteiger partial charge in [0.05, 0.1) is 71.0 Å². The Balaban J connectivity index is 1.80. The lowest BCUT2D eigenvalue weighted by Crippen LogP contribution is -2.36. The van der Waals surface area contributed by atoms with Crippen molar-refractivity contribution in [3.05, 3.63) is 34.4 Å². The number of hydrogen-bond acceptors (Lipinski definition) is 10. The molecule has 0 unspecified atom stereocenters. The molecule has 1 rings (SSSR count). The third-order valence-corrected chi connectivity index (χ3v) is 4.31. The molecule has 1 aromatic carbocycles. The molecule has 0 bridgehead atoms. The maximum absolute atomic E-state index is 11.8. The van der Waals surface area contributed by atoms with Gasteiger partial charge in [0, 0.05) is 25.7 Å². The van der Waals surface area contributed by atoms with Crippen molar-refractivity contribution in [2.45, 2.75) is 26.4 Å². The molecule has 0 heterocycles. The van der Waals surface area contributed by atoms with Gasteiger partial charge in [-0.3, -0.25) is 10.1 Å². The summed E-state index contributed by atoms with van der Waals surface area (Å²) in [6, 6.07) is 5.89. The molecule has 12 heteroatoms. The van der Waals surface area contributed by atoms with E-state index in [1.165, 1.54) is 17.0 Å². The van der Waals surface area contributed by atoms with Crippen molar-refractivity contribution in [1.29, 1.82) is 0 Å². The van der Waals surface area contributed by atoms with Gasteiger partial charge >= 0.3 is 6.09 Å². The molecule has 1 amide bonds. The Morgan fingerprint density at radius 1 is 0.778 bits per heavy atom. The van der Waals surface area contributed by atoms with Gasteiger partial charge in [-0.25, -0.2) is 4.79 Å².